The molecule has 1 saturated heterocycles. The predicted molar refractivity (Wildman–Crippen MR) is 86.1 cm³/mol. The quantitative estimate of drug-likeness (QED) is 0.872. The zero-order chi connectivity index (χ0) is 15.5. The fourth-order valence-electron chi connectivity index (χ4n) is 2.77. The molecule has 1 aliphatic heterocycles. The maximum absolute atomic E-state index is 12.3. The smallest absolute Gasteiger partial charge is 0.240 e. The van der Waals surface area contributed by atoms with E-state index in [2.05, 4.69) is 23.5 Å². The number of nitrogens with one attached hydrogen (secondary N) is 1. The van der Waals surface area contributed by atoms with Crippen molar-refractivity contribution in [2.45, 2.75) is 37.6 Å². The third kappa shape index (κ3) is 4.42. The molecule has 0 aromatic heterocycles. The molecular weight excluding hydrogens is 308 g/mol. The largest absolute Gasteiger partial charge is 0.299 e. The van der Waals surface area contributed by atoms with Gasteiger partial charge in [0.15, 0.2) is 0 Å². The molecular formula is C15H23ClN2O2S. The molecule has 1 unspecified atom stereocenters. The molecule has 0 saturated carbocycles. The molecule has 0 aliphatic carbocycles. The van der Waals surface area contributed by atoms with E-state index >= 15 is 0 Å². The van der Waals surface area contributed by atoms with Crippen LogP contribution in [-0.2, 0) is 10.0 Å². The normalized spacial score (nSPS) is 18.3. The average Bonchev–Trinajstić information content (AvgIpc) is 2.92. The third-order valence-electron chi connectivity index (χ3n) is 3.97. The minimum Gasteiger partial charge on any atom is -0.299 e. The van der Waals surface area contributed by atoms with Gasteiger partial charge in [-0.1, -0.05) is 31.5 Å². The van der Waals surface area contributed by atoms with Gasteiger partial charge in [0, 0.05) is 17.6 Å². The van der Waals surface area contributed by atoms with Crippen LogP contribution in [-0.4, -0.2) is 39.0 Å². The molecule has 1 aromatic rings. The van der Waals surface area contributed by atoms with E-state index in [0.29, 0.717) is 17.5 Å². The van der Waals surface area contributed by atoms with Crippen LogP contribution >= 0.6 is 11.6 Å². The summed E-state index contributed by atoms with van der Waals surface area (Å²) >= 11 is 5.87. The highest BCUT2D eigenvalue weighted by atomic mass is 35.5. The highest BCUT2D eigenvalue weighted by Gasteiger charge is 2.26. The summed E-state index contributed by atoms with van der Waals surface area (Å²) in [5.74, 6) is 0.408. The van der Waals surface area contributed by atoms with Crippen molar-refractivity contribution in [3.63, 3.8) is 0 Å². The number of rotatable bonds is 6. The summed E-state index contributed by atoms with van der Waals surface area (Å²) in [4.78, 5) is 2.60. The van der Waals surface area contributed by atoms with Gasteiger partial charge in [0.1, 0.15) is 0 Å². The molecule has 0 radical (unpaired) electrons. The fourth-order valence-corrected chi connectivity index (χ4v) is 4.12. The van der Waals surface area contributed by atoms with Crippen LogP contribution in [0, 0.1) is 5.92 Å². The maximum atomic E-state index is 12.3. The van der Waals surface area contributed by atoms with E-state index in [1.165, 1.54) is 18.9 Å². The van der Waals surface area contributed by atoms with E-state index in [1.807, 2.05) is 0 Å². The Bertz CT molecular complexity index is 569. The molecule has 1 aromatic carbocycles. The first kappa shape index (κ1) is 16.7. The highest BCUT2D eigenvalue weighted by molar-refractivity contribution is 7.89. The van der Waals surface area contributed by atoms with Crippen LogP contribution in [0.2, 0.25) is 5.02 Å². The van der Waals surface area contributed by atoms with Gasteiger partial charge in [-0.05, 0) is 50.0 Å². The van der Waals surface area contributed by atoms with E-state index in [0.717, 1.165) is 13.1 Å². The zero-order valence-corrected chi connectivity index (χ0v) is 14.1. The van der Waals surface area contributed by atoms with Crippen molar-refractivity contribution in [2.24, 2.45) is 5.92 Å². The van der Waals surface area contributed by atoms with E-state index in [9.17, 15) is 8.42 Å². The maximum Gasteiger partial charge on any atom is 0.240 e. The molecule has 1 heterocycles. The monoisotopic (exact) mass is 330 g/mol. The minimum absolute atomic E-state index is 0.221. The van der Waals surface area contributed by atoms with E-state index in [1.54, 1.807) is 18.2 Å². The van der Waals surface area contributed by atoms with Crippen molar-refractivity contribution in [1.82, 2.24) is 9.62 Å². The zero-order valence-electron chi connectivity index (χ0n) is 12.5. The van der Waals surface area contributed by atoms with Crippen LogP contribution in [0.25, 0.3) is 0 Å². The van der Waals surface area contributed by atoms with E-state index < -0.39 is 10.0 Å². The Morgan fingerprint density at radius 3 is 2.52 bits per heavy atom. The molecule has 1 atom stereocenters. The number of likely N-dealkylation sites (tertiary alicyclic amines) is 1. The molecule has 0 spiro atoms. The number of hydrogen-bond acceptors (Lipinski definition) is 3. The second-order valence-corrected chi connectivity index (χ2v) is 8.07. The van der Waals surface area contributed by atoms with Crippen molar-refractivity contribution < 1.29 is 8.42 Å². The van der Waals surface area contributed by atoms with Crippen LogP contribution in [0.15, 0.2) is 29.2 Å². The summed E-state index contributed by atoms with van der Waals surface area (Å²) in [6, 6.07) is 6.60. The molecule has 118 valence electrons. The Hall–Kier alpha value is -0.620. The third-order valence-corrected chi connectivity index (χ3v) is 5.62. The molecule has 1 aliphatic rings. The fraction of sp³-hybridized carbons (Fsp3) is 0.600. The number of benzene rings is 1. The average molecular weight is 331 g/mol. The van der Waals surface area contributed by atoms with Crippen LogP contribution in [0.5, 0.6) is 0 Å². The van der Waals surface area contributed by atoms with Gasteiger partial charge >= 0.3 is 0 Å². The van der Waals surface area contributed by atoms with Gasteiger partial charge in [0.2, 0.25) is 10.0 Å². The standard InChI is InChI=1S/C15H23ClN2O2S/c1-12(2)15(18-8-3-4-9-18)11-17-21(19,20)14-7-5-6-13(16)10-14/h5-7,10,12,15,17H,3-4,8-9,11H2,1-2H3. The lowest BCUT2D eigenvalue weighted by Gasteiger charge is -2.30. The molecule has 6 heteroatoms. The first-order valence-corrected chi connectivity index (χ1v) is 9.25. The van der Waals surface area contributed by atoms with Gasteiger partial charge in [0.25, 0.3) is 0 Å². The topological polar surface area (TPSA) is 49.4 Å². The summed E-state index contributed by atoms with van der Waals surface area (Å²) < 4.78 is 27.4. The van der Waals surface area contributed by atoms with Crippen molar-refractivity contribution in [1.29, 1.82) is 0 Å². The molecule has 0 amide bonds. The Morgan fingerprint density at radius 2 is 1.95 bits per heavy atom. The Kier molecular flexibility index (Phi) is 5.66. The van der Waals surface area contributed by atoms with Crippen molar-refractivity contribution in [3.8, 4) is 0 Å². The molecule has 2 rings (SSSR count). The second kappa shape index (κ2) is 7.09. The van der Waals surface area contributed by atoms with Crippen LogP contribution in [0.3, 0.4) is 0 Å². The van der Waals surface area contributed by atoms with Crippen molar-refractivity contribution in [3.05, 3.63) is 29.3 Å². The molecule has 1 N–H and O–H groups in total. The van der Waals surface area contributed by atoms with Gasteiger partial charge in [-0.3, -0.25) is 4.90 Å². The van der Waals surface area contributed by atoms with Crippen LogP contribution in [0.4, 0.5) is 0 Å². The SMILES string of the molecule is CC(C)C(CNS(=O)(=O)c1cccc(Cl)c1)N1CCCC1. The van der Waals surface area contributed by atoms with E-state index in [-0.39, 0.29) is 10.9 Å². The van der Waals surface area contributed by atoms with Gasteiger partial charge in [-0.2, -0.15) is 0 Å². The minimum atomic E-state index is -3.50. The van der Waals surface area contributed by atoms with Gasteiger partial charge in [0.05, 0.1) is 4.90 Å². The molecule has 1 fully saturated rings. The Morgan fingerprint density at radius 1 is 1.29 bits per heavy atom. The second-order valence-electron chi connectivity index (χ2n) is 5.86. The van der Waals surface area contributed by atoms with Crippen molar-refractivity contribution >= 4 is 21.6 Å². The summed E-state index contributed by atoms with van der Waals surface area (Å²) in [6.07, 6.45) is 2.40. The highest BCUT2D eigenvalue weighted by Crippen LogP contribution is 2.19. The first-order valence-electron chi connectivity index (χ1n) is 7.39. The number of halogens is 1. The lowest BCUT2D eigenvalue weighted by Crippen LogP contribution is -2.45. The van der Waals surface area contributed by atoms with Gasteiger partial charge < -0.3 is 0 Å². The summed E-state index contributed by atoms with van der Waals surface area (Å²) in [6.45, 7) is 6.82. The predicted octanol–water partition coefficient (Wildman–Crippen LogP) is 2.74. The van der Waals surface area contributed by atoms with E-state index in [4.69, 9.17) is 11.6 Å². The Balaban J connectivity index is 2.05. The number of sulfonamides is 1. The van der Waals surface area contributed by atoms with Gasteiger partial charge in [-0.15, -0.1) is 0 Å². The molecule has 4 nitrogen and oxygen atoms in total. The summed E-state index contributed by atoms with van der Waals surface area (Å²) in [5, 5.41) is 0.429. The van der Waals surface area contributed by atoms with Crippen LogP contribution in [0.1, 0.15) is 26.7 Å². The number of nitrogens with zero attached hydrogens (tertiary/aromatic N) is 1. The summed E-state index contributed by atoms with van der Waals surface area (Å²) in [5.41, 5.74) is 0. The lowest BCUT2D eigenvalue weighted by molar-refractivity contribution is 0.193. The van der Waals surface area contributed by atoms with Gasteiger partial charge in [-0.25, -0.2) is 13.1 Å². The number of hydrogen-bond donors (Lipinski definition) is 1. The van der Waals surface area contributed by atoms with Crippen LogP contribution < -0.4 is 4.72 Å². The van der Waals surface area contributed by atoms with Crippen molar-refractivity contribution in [2.75, 3.05) is 19.6 Å². The Labute approximate surface area is 132 Å². The molecule has 0 bridgehead atoms. The lowest BCUT2D eigenvalue weighted by atomic mass is 10.0. The first-order chi connectivity index (χ1) is 9.90. The summed E-state index contributed by atoms with van der Waals surface area (Å²) in [7, 11) is -3.50. The molecule has 21 heavy (non-hydrogen) atoms.